The first-order valence-corrected chi connectivity index (χ1v) is 11.8. The van der Waals surface area contributed by atoms with Gasteiger partial charge in [0.2, 0.25) is 5.91 Å². The number of carbonyl (C=O) groups is 1. The van der Waals surface area contributed by atoms with E-state index in [-0.39, 0.29) is 17.8 Å². The van der Waals surface area contributed by atoms with Crippen molar-refractivity contribution >= 4 is 40.9 Å². The van der Waals surface area contributed by atoms with Crippen LogP contribution in [0.25, 0.3) is 17.1 Å². The maximum absolute atomic E-state index is 12.8. The lowest BCUT2D eigenvalue weighted by Crippen LogP contribution is -2.45. The van der Waals surface area contributed by atoms with Crippen LogP contribution in [0.15, 0.2) is 47.6 Å². The summed E-state index contributed by atoms with van der Waals surface area (Å²) in [5, 5.41) is 10.5. The van der Waals surface area contributed by atoms with Crippen LogP contribution in [0.5, 0.6) is 5.75 Å². The van der Waals surface area contributed by atoms with Crippen LogP contribution in [-0.4, -0.2) is 64.2 Å². The first-order valence-electron chi connectivity index (χ1n) is 10.0. The third kappa shape index (κ3) is 5.04. The summed E-state index contributed by atoms with van der Waals surface area (Å²) in [6.07, 6.45) is 0.0338. The SMILES string of the molecule is COc1ccc(Cl)cc1-n1c(SCC(=O)N2CCOC(C)C2)nnc1-c1cccc(Cl)c1. The van der Waals surface area contributed by atoms with Gasteiger partial charge < -0.3 is 14.4 Å². The van der Waals surface area contributed by atoms with Crippen molar-refractivity contribution in [3.05, 3.63) is 52.5 Å². The predicted octanol–water partition coefficient (Wildman–Crippen LogP) is 4.59. The minimum Gasteiger partial charge on any atom is -0.495 e. The smallest absolute Gasteiger partial charge is 0.233 e. The molecule has 2 aromatic carbocycles. The van der Waals surface area contributed by atoms with Gasteiger partial charge in [-0.05, 0) is 37.3 Å². The Kier molecular flexibility index (Phi) is 7.25. The van der Waals surface area contributed by atoms with Gasteiger partial charge in [0.15, 0.2) is 11.0 Å². The molecule has 168 valence electrons. The third-order valence-corrected chi connectivity index (χ3v) is 6.40. The molecule has 10 heteroatoms. The van der Waals surface area contributed by atoms with E-state index < -0.39 is 0 Å². The first kappa shape index (κ1) is 22.9. The number of halogens is 2. The van der Waals surface area contributed by atoms with Crippen molar-refractivity contribution in [2.24, 2.45) is 0 Å². The van der Waals surface area contributed by atoms with Gasteiger partial charge in [-0.3, -0.25) is 9.36 Å². The number of thioether (sulfide) groups is 1. The standard InChI is InChI=1S/C22H22Cl2N4O3S/c1-14-12-27(8-9-31-14)20(29)13-32-22-26-25-21(15-4-3-5-16(23)10-15)28(22)18-11-17(24)6-7-19(18)30-2/h3-7,10-11,14H,8-9,12-13H2,1-2H3. The van der Waals surface area contributed by atoms with E-state index in [2.05, 4.69) is 10.2 Å². The Balaban J connectivity index is 1.70. The molecule has 1 saturated heterocycles. The van der Waals surface area contributed by atoms with Crippen LogP contribution in [0.1, 0.15) is 6.92 Å². The monoisotopic (exact) mass is 492 g/mol. The molecule has 0 saturated carbocycles. The zero-order chi connectivity index (χ0) is 22.7. The number of rotatable bonds is 6. The number of carbonyl (C=O) groups excluding carboxylic acids is 1. The molecule has 7 nitrogen and oxygen atoms in total. The number of aromatic nitrogens is 3. The van der Waals surface area contributed by atoms with Gasteiger partial charge >= 0.3 is 0 Å². The molecule has 0 radical (unpaired) electrons. The molecule has 1 atom stereocenters. The van der Waals surface area contributed by atoms with Gasteiger partial charge in [-0.25, -0.2) is 0 Å². The molecular weight excluding hydrogens is 471 g/mol. The van der Waals surface area contributed by atoms with Gasteiger partial charge in [-0.2, -0.15) is 0 Å². The van der Waals surface area contributed by atoms with Crippen LogP contribution in [0, 0.1) is 0 Å². The largest absolute Gasteiger partial charge is 0.495 e. The molecule has 1 fully saturated rings. The maximum atomic E-state index is 12.8. The summed E-state index contributed by atoms with van der Waals surface area (Å²) in [6.45, 7) is 3.69. The number of morpholine rings is 1. The zero-order valence-electron chi connectivity index (χ0n) is 17.6. The van der Waals surface area contributed by atoms with E-state index >= 15 is 0 Å². The molecule has 0 spiro atoms. The Morgan fingerprint density at radius 3 is 2.78 bits per heavy atom. The number of ether oxygens (including phenoxy) is 2. The molecule has 32 heavy (non-hydrogen) atoms. The highest BCUT2D eigenvalue weighted by atomic mass is 35.5. The van der Waals surface area contributed by atoms with Crippen molar-refractivity contribution in [1.29, 1.82) is 0 Å². The number of amides is 1. The molecule has 1 aliphatic heterocycles. The molecule has 0 N–H and O–H groups in total. The Hall–Kier alpha value is -2.26. The zero-order valence-corrected chi connectivity index (χ0v) is 20.0. The first-order chi connectivity index (χ1) is 15.5. The summed E-state index contributed by atoms with van der Waals surface area (Å²) in [5.74, 6) is 1.43. The quantitative estimate of drug-likeness (QED) is 0.468. The van der Waals surface area contributed by atoms with Crippen molar-refractivity contribution in [2.45, 2.75) is 18.2 Å². The molecular formula is C22H22Cl2N4O3S. The normalized spacial score (nSPS) is 16.2. The lowest BCUT2D eigenvalue weighted by molar-refractivity contribution is -0.135. The van der Waals surface area contributed by atoms with E-state index in [1.54, 1.807) is 31.4 Å². The van der Waals surface area contributed by atoms with Gasteiger partial charge in [-0.1, -0.05) is 47.1 Å². The second-order valence-electron chi connectivity index (χ2n) is 7.28. The number of benzene rings is 2. The average molecular weight is 493 g/mol. The molecule has 1 aliphatic rings. The second kappa shape index (κ2) is 10.1. The Bertz CT molecular complexity index is 1120. The number of hydrogen-bond donors (Lipinski definition) is 0. The van der Waals surface area contributed by atoms with Crippen molar-refractivity contribution in [2.75, 3.05) is 32.6 Å². The van der Waals surface area contributed by atoms with E-state index in [0.29, 0.717) is 52.2 Å². The van der Waals surface area contributed by atoms with Crippen LogP contribution in [0.2, 0.25) is 10.0 Å². The summed E-state index contributed by atoms with van der Waals surface area (Å²) >= 11 is 13.8. The lowest BCUT2D eigenvalue weighted by atomic mass is 10.2. The third-order valence-electron chi connectivity index (χ3n) is 5.02. The summed E-state index contributed by atoms with van der Waals surface area (Å²) in [5.41, 5.74) is 1.46. The summed E-state index contributed by atoms with van der Waals surface area (Å²) in [7, 11) is 1.59. The number of methoxy groups -OCH3 is 1. The van der Waals surface area contributed by atoms with Crippen LogP contribution < -0.4 is 4.74 Å². The molecule has 4 rings (SSSR count). The van der Waals surface area contributed by atoms with Crippen LogP contribution in [0.4, 0.5) is 0 Å². The fourth-order valence-electron chi connectivity index (χ4n) is 3.50. The van der Waals surface area contributed by atoms with Gasteiger partial charge in [0.25, 0.3) is 0 Å². The average Bonchev–Trinajstić information content (AvgIpc) is 3.21. The van der Waals surface area contributed by atoms with E-state index in [1.807, 2.05) is 34.6 Å². The Morgan fingerprint density at radius 2 is 2.03 bits per heavy atom. The summed E-state index contributed by atoms with van der Waals surface area (Å²) in [6, 6.07) is 12.7. The van der Waals surface area contributed by atoms with Crippen LogP contribution in [-0.2, 0) is 9.53 Å². The van der Waals surface area contributed by atoms with Gasteiger partial charge in [0.05, 0.1) is 31.3 Å². The molecule has 2 heterocycles. The maximum Gasteiger partial charge on any atom is 0.233 e. The fraction of sp³-hybridized carbons (Fsp3) is 0.318. The summed E-state index contributed by atoms with van der Waals surface area (Å²) in [4.78, 5) is 14.6. The van der Waals surface area contributed by atoms with Crippen molar-refractivity contribution in [1.82, 2.24) is 19.7 Å². The molecule has 0 bridgehead atoms. The minimum atomic E-state index is 0.0297. The van der Waals surface area contributed by atoms with Gasteiger partial charge in [0, 0.05) is 28.7 Å². The van der Waals surface area contributed by atoms with Crippen molar-refractivity contribution < 1.29 is 14.3 Å². The molecule has 3 aromatic rings. The Morgan fingerprint density at radius 1 is 1.22 bits per heavy atom. The number of nitrogens with zero attached hydrogens (tertiary/aromatic N) is 4. The highest BCUT2D eigenvalue weighted by Gasteiger charge is 2.24. The highest BCUT2D eigenvalue weighted by molar-refractivity contribution is 7.99. The lowest BCUT2D eigenvalue weighted by Gasteiger charge is -2.31. The van der Waals surface area contributed by atoms with Crippen LogP contribution >= 0.6 is 35.0 Å². The Labute approximate surface area is 200 Å². The van der Waals surface area contributed by atoms with E-state index in [4.69, 9.17) is 32.7 Å². The fourth-order valence-corrected chi connectivity index (χ4v) is 4.70. The predicted molar refractivity (Wildman–Crippen MR) is 126 cm³/mol. The summed E-state index contributed by atoms with van der Waals surface area (Å²) < 4.78 is 12.9. The van der Waals surface area contributed by atoms with E-state index in [1.165, 1.54) is 11.8 Å². The molecule has 0 aliphatic carbocycles. The second-order valence-corrected chi connectivity index (χ2v) is 9.09. The van der Waals surface area contributed by atoms with Gasteiger partial charge in [0.1, 0.15) is 5.75 Å². The molecule has 1 aromatic heterocycles. The van der Waals surface area contributed by atoms with Crippen LogP contribution in [0.3, 0.4) is 0 Å². The van der Waals surface area contributed by atoms with Crippen molar-refractivity contribution in [3.8, 4) is 22.8 Å². The topological polar surface area (TPSA) is 69.5 Å². The van der Waals surface area contributed by atoms with E-state index in [9.17, 15) is 4.79 Å². The molecule has 1 unspecified atom stereocenters. The highest BCUT2D eigenvalue weighted by Crippen LogP contribution is 2.35. The minimum absolute atomic E-state index is 0.0297. The van der Waals surface area contributed by atoms with E-state index in [0.717, 1.165) is 5.56 Å². The molecule has 1 amide bonds. The van der Waals surface area contributed by atoms with Crippen molar-refractivity contribution in [3.63, 3.8) is 0 Å². The van der Waals surface area contributed by atoms with Gasteiger partial charge in [-0.15, -0.1) is 10.2 Å². The number of hydrogen-bond acceptors (Lipinski definition) is 6.